The SMILES string of the molecule is CC(Oc1cccc(Cl)c1Cl)C(=O)Nc1ccc2c(c1F)CCNC2. The lowest BCUT2D eigenvalue weighted by Crippen LogP contribution is -2.31. The summed E-state index contributed by atoms with van der Waals surface area (Å²) in [6.07, 6.45) is -0.275. The molecule has 2 aromatic rings. The van der Waals surface area contributed by atoms with E-state index in [1.54, 1.807) is 31.2 Å². The number of hydrogen-bond donors (Lipinski definition) is 2. The molecule has 7 heteroatoms. The van der Waals surface area contributed by atoms with Gasteiger partial charge in [0, 0.05) is 6.54 Å². The van der Waals surface area contributed by atoms with Gasteiger partial charge in [-0.05, 0) is 49.2 Å². The molecule has 0 spiro atoms. The Morgan fingerprint density at radius 1 is 1.32 bits per heavy atom. The molecule has 1 heterocycles. The molecule has 0 radical (unpaired) electrons. The van der Waals surface area contributed by atoms with Crippen LogP contribution in [-0.4, -0.2) is 18.6 Å². The van der Waals surface area contributed by atoms with Crippen LogP contribution in [0.3, 0.4) is 0 Å². The zero-order valence-corrected chi connectivity index (χ0v) is 15.0. The Morgan fingerprint density at radius 3 is 2.92 bits per heavy atom. The monoisotopic (exact) mass is 382 g/mol. The van der Waals surface area contributed by atoms with E-state index in [1.165, 1.54) is 0 Å². The van der Waals surface area contributed by atoms with Crippen LogP contribution in [0.4, 0.5) is 10.1 Å². The molecule has 132 valence electrons. The number of fused-ring (bicyclic) bond motifs is 1. The maximum Gasteiger partial charge on any atom is 0.265 e. The summed E-state index contributed by atoms with van der Waals surface area (Å²) in [7, 11) is 0. The third-order valence-corrected chi connectivity index (χ3v) is 4.86. The predicted octanol–water partition coefficient (Wildman–Crippen LogP) is 4.18. The van der Waals surface area contributed by atoms with E-state index in [0.717, 1.165) is 5.56 Å². The van der Waals surface area contributed by atoms with E-state index in [2.05, 4.69) is 10.6 Å². The van der Waals surface area contributed by atoms with E-state index in [4.69, 9.17) is 27.9 Å². The first-order valence-electron chi connectivity index (χ1n) is 7.90. The molecule has 1 aliphatic rings. The second-order valence-electron chi connectivity index (χ2n) is 5.79. The van der Waals surface area contributed by atoms with Crippen LogP contribution in [0, 0.1) is 5.82 Å². The molecule has 2 aromatic carbocycles. The first kappa shape index (κ1) is 18.0. The molecular formula is C18H17Cl2FN2O2. The second kappa shape index (κ2) is 7.60. The highest BCUT2D eigenvalue weighted by molar-refractivity contribution is 6.42. The van der Waals surface area contributed by atoms with Gasteiger partial charge < -0.3 is 15.4 Å². The van der Waals surface area contributed by atoms with Gasteiger partial charge in [0.15, 0.2) is 6.10 Å². The van der Waals surface area contributed by atoms with Crippen molar-refractivity contribution in [3.05, 3.63) is 57.3 Å². The van der Waals surface area contributed by atoms with E-state index >= 15 is 0 Å². The average Bonchev–Trinajstić information content (AvgIpc) is 2.61. The van der Waals surface area contributed by atoms with E-state index in [-0.39, 0.29) is 16.5 Å². The van der Waals surface area contributed by atoms with E-state index < -0.39 is 12.0 Å². The molecule has 25 heavy (non-hydrogen) atoms. The van der Waals surface area contributed by atoms with Gasteiger partial charge in [0.05, 0.1) is 10.7 Å². The van der Waals surface area contributed by atoms with Crippen LogP contribution in [0.1, 0.15) is 18.1 Å². The van der Waals surface area contributed by atoms with Crippen molar-refractivity contribution in [2.24, 2.45) is 0 Å². The van der Waals surface area contributed by atoms with Crippen molar-refractivity contribution in [2.75, 3.05) is 11.9 Å². The number of ether oxygens (including phenoxy) is 1. The number of nitrogens with one attached hydrogen (secondary N) is 2. The number of halogens is 3. The van der Waals surface area contributed by atoms with Gasteiger partial charge >= 0.3 is 0 Å². The van der Waals surface area contributed by atoms with Crippen LogP contribution >= 0.6 is 23.2 Å². The van der Waals surface area contributed by atoms with Crippen LogP contribution in [0.15, 0.2) is 30.3 Å². The Hall–Kier alpha value is -1.82. The minimum Gasteiger partial charge on any atom is -0.479 e. The van der Waals surface area contributed by atoms with Crippen molar-refractivity contribution in [1.29, 1.82) is 0 Å². The fourth-order valence-corrected chi connectivity index (χ4v) is 3.02. The number of benzene rings is 2. The molecule has 0 fully saturated rings. The van der Waals surface area contributed by atoms with Gasteiger partial charge in [-0.1, -0.05) is 35.3 Å². The number of carbonyl (C=O) groups is 1. The summed E-state index contributed by atoms with van der Waals surface area (Å²) in [4.78, 5) is 12.3. The zero-order valence-electron chi connectivity index (χ0n) is 13.5. The largest absolute Gasteiger partial charge is 0.479 e. The van der Waals surface area contributed by atoms with Gasteiger partial charge in [-0.25, -0.2) is 4.39 Å². The molecule has 0 saturated carbocycles. The maximum atomic E-state index is 14.6. The van der Waals surface area contributed by atoms with Crippen molar-refractivity contribution in [2.45, 2.75) is 26.0 Å². The Labute approximate surface area is 155 Å². The second-order valence-corrected chi connectivity index (χ2v) is 6.58. The lowest BCUT2D eigenvalue weighted by Gasteiger charge is -2.20. The molecule has 0 saturated heterocycles. The molecule has 1 atom stereocenters. The van der Waals surface area contributed by atoms with Crippen molar-refractivity contribution in [3.63, 3.8) is 0 Å². The molecule has 1 unspecified atom stereocenters. The quantitative estimate of drug-likeness (QED) is 0.833. The zero-order chi connectivity index (χ0) is 18.0. The third-order valence-electron chi connectivity index (χ3n) is 4.05. The minimum atomic E-state index is -0.868. The smallest absolute Gasteiger partial charge is 0.265 e. The number of rotatable bonds is 4. The molecule has 1 amide bonds. The summed E-state index contributed by atoms with van der Waals surface area (Å²) in [5.74, 6) is -0.557. The Bertz CT molecular complexity index is 814. The van der Waals surface area contributed by atoms with Gasteiger partial charge in [-0.2, -0.15) is 0 Å². The van der Waals surface area contributed by atoms with Crippen molar-refractivity contribution in [3.8, 4) is 5.75 Å². The van der Waals surface area contributed by atoms with Gasteiger partial charge in [-0.3, -0.25) is 4.79 Å². The number of anilines is 1. The molecule has 0 aliphatic carbocycles. The predicted molar refractivity (Wildman–Crippen MR) is 97.0 cm³/mol. The Kier molecular flexibility index (Phi) is 5.47. The van der Waals surface area contributed by atoms with Crippen LogP contribution < -0.4 is 15.4 Å². The summed E-state index contributed by atoms with van der Waals surface area (Å²) < 4.78 is 20.2. The topological polar surface area (TPSA) is 50.4 Å². The van der Waals surface area contributed by atoms with E-state index in [1.807, 2.05) is 6.07 Å². The normalized spacial score (nSPS) is 14.6. The van der Waals surface area contributed by atoms with Gasteiger partial charge in [0.25, 0.3) is 5.91 Å². The first-order chi connectivity index (χ1) is 12.0. The Balaban J connectivity index is 1.72. The summed E-state index contributed by atoms with van der Waals surface area (Å²) >= 11 is 12.0. The molecule has 0 bridgehead atoms. The van der Waals surface area contributed by atoms with Gasteiger partial charge in [0.1, 0.15) is 16.6 Å². The summed E-state index contributed by atoms with van der Waals surface area (Å²) in [5, 5.41) is 6.33. The van der Waals surface area contributed by atoms with E-state index in [0.29, 0.717) is 35.8 Å². The minimum absolute atomic E-state index is 0.151. The number of amides is 1. The fraction of sp³-hybridized carbons (Fsp3) is 0.278. The number of hydrogen-bond acceptors (Lipinski definition) is 3. The van der Waals surface area contributed by atoms with Crippen molar-refractivity contribution < 1.29 is 13.9 Å². The summed E-state index contributed by atoms with van der Waals surface area (Å²) in [6.45, 7) is 2.91. The fourth-order valence-electron chi connectivity index (χ4n) is 2.68. The highest BCUT2D eigenvalue weighted by Crippen LogP contribution is 2.32. The van der Waals surface area contributed by atoms with Crippen LogP contribution in [0.5, 0.6) is 5.75 Å². The lowest BCUT2D eigenvalue weighted by atomic mass is 9.99. The van der Waals surface area contributed by atoms with Crippen LogP contribution in [-0.2, 0) is 17.8 Å². The van der Waals surface area contributed by atoms with Crippen LogP contribution in [0.2, 0.25) is 10.0 Å². The van der Waals surface area contributed by atoms with Gasteiger partial charge in [0.2, 0.25) is 0 Å². The molecule has 4 nitrogen and oxygen atoms in total. The molecule has 1 aliphatic heterocycles. The summed E-state index contributed by atoms with van der Waals surface area (Å²) in [6, 6.07) is 8.30. The average molecular weight is 383 g/mol. The highest BCUT2D eigenvalue weighted by Gasteiger charge is 2.21. The van der Waals surface area contributed by atoms with Gasteiger partial charge in [-0.15, -0.1) is 0 Å². The maximum absolute atomic E-state index is 14.6. The van der Waals surface area contributed by atoms with Crippen molar-refractivity contribution >= 4 is 34.8 Å². The summed E-state index contributed by atoms with van der Waals surface area (Å²) in [5.41, 5.74) is 1.71. The lowest BCUT2D eigenvalue weighted by molar-refractivity contribution is -0.122. The van der Waals surface area contributed by atoms with E-state index in [9.17, 15) is 9.18 Å². The number of carbonyl (C=O) groups excluding carboxylic acids is 1. The third kappa shape index (κ3) is 3.89. The molecule has 3 rings (SSSR count). The molecule has 0 aromatic heterocycles. The Morgan fingerprint density at radius 2 is 2.12 bits per heavy atom. The standard InChI is InChI=1S/C18H17Cl2FN2O2/c1-10(25-15-4-2-3-13(19)16(15)20)18(24)23-14-6-5-11-9-22-8-7-12(11)17(14)21/h2-6,10,22H,7-9H2,1H3,(H,23,24). The van der Waals surface area contributed by atoms with Crippen molar-refractivity contribution in [1.82, 2.24) is 5.32 Å². The molecule has 2 N–H and O–H groups in total. The van der Waals surface area contributed by atoms with Crippen LogP contribution in [0.25, 0.3) is 0 Å². The highest BCUT2D eigenvalue weighted by atomic mass is 35.5. The first-order valence-corrected chi connectivity index (χ1v) is 8.65. The molecular weight excluding hydrogens is 366 g/mol.